The smallest absolute Gasteiger partial charge is 0.254 e. The third-order valence-corrected chi connectivity index (χ3v) is 5.22. The summed E-state index contributed by atoms with van der Waals surface area (Å²) < 4.78 is 11.5. The molecule has 1 atom stereocenters. The van der Waals surface area contributed by atoms with E-state index in [1.165, 1.54) is 0 Å². The summed E-state index contributed by atoms with van der Waals surface area (Å²) in [5, 5.41) is 2.91. The van der Waals surface area contributed by atoms with Gasteiger partial charge in [0.25, 0.3) is 5.91 Å². The Hall–Kier alpha value is -2.60. The number of furan rings is 1. The van der Waals surface area contributed by atoms with Crippen molar-refractivity contribution in [3.8, 4) is 0 Å². The molecule has 1 fully saturated rings. The summed E-state index contributed by atoms with van der Waals surface area (Å²) in [5.74, 6) is 1.67. The van der Waals surface area contributed by atoms with Gasteiger partial charge < -0.3 is 19.4 Å². The molecule has 6 heteroatoms. The number of nitrogens with one attached hydrogen (secondary N) is 1. The van der Waals surface area contributed by atoms with Crippen LogP contribution < -0.4 is 5.32 Å². The lowest BCUT2D eigenvalue weighted by Gasteiger charge is -2.34. The van der Waals surface area contributed by atoms with Gasteiger partial charge in [-0.25, -0.2) is 0 Å². The van der Waals surface area contributed by atoms with Crippen molar-refractivity contribution in [3.63, 3.8) is 0 Å². The predicted molar refractivity (Wildman–Crippen MR) is 101 cm³/mol. The number of carbonyl (C=O) groups is 2. The zero-order valence-electron chi connectivity index (χ0n) is 15.5. The molecular formula is C21H24N2O4. The average molecular weight is 368 g/mol. The molecule has 6 nitrogen and oxygen atoms in total. The molecule has 3 heterocycles. The maximum absolute atomic E-state index is 13.2. The first kappa shape index (κ1) is 17.8. The van der Waals surface area contributed by atoms with Gasteiger partial charge in [0.2, 0.25) is 5.91 Å². The van der Waals surface area contributed by atoms with Crippen LogP contribution in [-0.2, 0) is 22.4 Å². The molecule has 2 aliphatic rings. The van der Waals surface area contributed by atoms with Gasteiger partial charge in [0, 0.05) is 30.6 Å². The van der Waals surface area contributed by atoms with Crippen molar-refractivity contribution in [3.05, 3.63) is 53.0 Å². The van der Waals surface area contributed by atoms with E-state index in [0.717, 1.165) is 42.0 Å². The van der Waals surface area contributed by atoms with Gasteiger partial charge in [-0.3, -0.25) is 9.59 Å². The molecule has 2 amide bonds. The van der Waals surface area contributed by atoms with Gasteiger partial charge in [-0.1, -0.05) is 6.92 Å². The Bertz CT molecular complexity index is 858. The van der Waals surface area contributed by atoms with Crippen molar-refractivity contribution in [1.29, 1.82) is 0 Å². The highest BCUT2D eigenvalue weighted by Crippen LogP contribution is 2.29. The highest BCUT2D eigenvalue weighted by atomic mass is 16.5. The van der Waals surface area contributed by atoms with Crippen molar-refractivity contribution < 1.29 is 18.7 Å². The number of carbonyl (C=O) groups excluding carboxylic acids is 2. The Morgan fingerprint density at radius 1 is 1.26 bits per heavy atom. The van der Waals surface area contributed by atoms with Crippen LogP contribution in [0.15, 0.2) is 34.7 Å². The molecule has 0 radical (unpaired) electrons. The number of benzene rings is 1. The third-order valence-electron chi connectivity index (χ3n) is 5.22. The first-order chi connectivity index (χ1) is 13.2. The van der Waals surface area contributed by atoms with Crippen molar-refractivity contribution in [1.82, 2.24) is 4.90 Å². The first-order valence-corrected chi connectivity index (χ1v) is 9.56. The van der Waals surface area contributed by atoms with Crippen LogP contribution in [0.25, 0.3) is 0 Å². The SMILES string of the molecule is CCc1ccc([C@@H]2COCCN2C(=O)c2ccc3c(c2)CCCC(=O)N3)o1. The fourth-order valence-electron chi connectivity index (χ4n) is 3.72. The van der Waals surface area contributed by atoms with Gasteiger partial charge in [-0.2, -0.15) is 0 Å². The van der Waals surface area contributed by atoms with Crippen LogP contribution in [0.4, 0.5) is 5.69 Å². The van der Waals surface area contributed by atoms with Crippen LogP contribution >= 0.6 is 0 Å². The second kappa shape index (κ2) is 7.56. The topological polar surface area (TPSA) is 71.8 Å². The van der Waals surface area contributed by atoms with Crippen molar-refractivity contribution >= 4 is 17.5 Å². The van der Waals surface area contributed by atoms with Crippen LogP contribution in [0.2, 0.25) is 0 Å². The average Bonchev–Trinajstić information content (AvgIpc) is 3.09. The van der Waals surface area contributed by atoms with E-state index >= 15 is 0 Å². The molecule has 0 saturated carbocycles. The number of amides is 2. The van der Waals surface area contributed by atoms with Gasteiger partial charge in [-0.05, 0) is 48.7 Å². The lowest BCUT2D eigenvalue weighted by molar-refractivity contribution is -0.116. The summed E-state index contributed by atoms with van der Waals surface area (Å²) in [6.45, 7) is 3.52. The Kier molecular flexibility index (Phi) is 4.99. The highest BCUT2D eigenvalue weighted by Gasteiger charge is 2.32. The molecule has 0 aliphatic carbocycles. The Morgan fingerprint density at radius 2 is 2.15 bits per heavy atom. The number of rotatable bonds is 3. The van der Waals surface area contributed by atoms with E-state index in [1.54, 1.807) is 6.07 Å². The summed E-state index contributed by atoms with van der Waals surface area (Å²) in [6.07, 6.45) is 2.92. The number of aryl methyl sites for hydroxylation is 2. The minimum Gasteiger partial charge on any atom is -0.464 e. The molecule has 2 aromatic rings. The summed E-state index contributed by atoms with van der Waals surface area (Å²) in [5.41, 5.74) is 2.47. The van der Waals surface area contributed by atoms with Crippen LogP contribution in [0.3, 0.4) is 0 Å². The molecule has 1 aromatic carbocycles. The molecule has 1 N–H and O–H groups in total. The van der Waals surface area contributed by atoms with E-state index in [2.05, 4.69) is 5.32 Å². The zero-order chi connectivity index (χ0) is 18.8. The number of anilines is 1. The lowest BCUT2D eigenvalue weighted by atomic mass is 10.0. The minimum absolute atomic E-state index is 0.0314. The second-order valence-electron chi connectivity index (χ2n) is 7.02. The number of hydrogen-bond acceptors (Lipinski definition) is 4. The van der Waals surface area contributed by atoms with E-state index in [-0.39, 0.29) is 17.9 Å². The molecule has 1 saturated heterocycles. The Labute approximate surface area is 158 Å². The van der Waals surface area contributed by atoms with Crippen LogP contribution in [-0.4, -0.2) is 36.5 Å². The molecule has 0 unspecified atom stereocenters. The predicted octanol–water partition coefficient (Wildman–Crippen LogP) is 3.33. The molecule has 27 heavy (non-hydrogen) atoms. The van der Waals surface area contributed by atoms with Crippen LogP contribution in [0, 0.1) is 0 Å². The number of hydrogen-bond donors (Lipinski definition) is 1. The van der Waals surface area contributed by atoms with Gasteiger partial charge in [0.05, 0.1) is 13.2 Å². The van der Waals surface area contributed by atoms with E-state index in [1.807, 2.05) is 36.1 Å². The Balaban J connectivity index is 1.60. The molecular weight excluding hydrogens is 344 g/mol. The number of ether oxygens (including phenoxy) is 1. The molecule has 1 aromatic heterocycles. The van der Waals surface area contributed by atoms with Crippen LogP contribution in [0.5, 0.6) is 0 Å². The third kappa shape index (κ3) is 3.62. The summed E-state index contributed by atoms with van der Waals surface area (Å²) in [7, 11) is 0. The molecule has 0 spiro atoms. The number of morpholine rings is 1. The fourth-order valence-corrected chi connectivity index (χ4v) is 3.72. The van der Waals surface area contributed by atoms with E-state index in [9.17, 15) is 9.59 Å². The Morgan fingerprint density at radius 3 is 2.96 bits per heavy atom. The van der Waals surface area contributed by atoms with Crippen LogP contribution in [0.1, 0.15) is 53.2 Å². The maximum Gasteiger partial charge on any atom is 0.254 e. The minimum atomic E-state index is -0.218. The van der Waals surface area contributed by atoms with Crippen molar-refractivity contribution in [2.45, 2.75) is 38.6 Å². The fraction of sp³-hybridized carbons (Fsp3) is 0.429. The van der Waals surface area contributed by atoms with E-state index < -0.39 is 0 Å². The molecule has 142 valence electrons. The van der Waals surface area contributed by atoms with Gasteiger partial charge in [0.15, 0.2) is 0 Å². The summed E-state index contributed by atoms with van der Waals surface area (Å²) >= 11 is 0. The summed E-state index contributed by atoms with van der Waals surface area (Å²) in [4.78, 5) is 26.8. The molecule has 0 bridgehead atoms. The molecule has 4 rings (SSSR count). The maximum atomic E-state index is 13.2. The summed E-state index contributed by atoms with van der Waals surface area (Å²) in [6, 6.07) is 9.21. The van der Waals surface area contributed by atoms with E-state index in [4.69, 9.17) is 9.15 Å². The standard InChI is InChI=1S/C21H24N2O4/c1-2-16-7-9-19(27-16)18-13-26-11-10-23(18)21(25)15-6-8-17-14(12-15)4-3-5-20(24)22-17/h6-9,12,18H,2-5,10-11,13H2,1H3,(H,22,24)/t18-/m0/s1. The highest BCUT2D eigenvalue weighted by molar-refractivity contribution is 5.97. The quantitative estimate of drug-likeness (QED) is 0.902. The number of nitrogens with zero attached hydrogens (tertiary/aromatic N) is 1. The molecule has 2 aliphatic heterocycles. The van der Waals surface area contributed by atoms with Crippen molar-refractivity contribution in [2.24, 2.45) is 0 Å². The van der Waals surface area contributed by atoms with Gasteiger partial charge in [0.1, 0.15) is 17.6 Å². The van der Waals surface area contributed by atoms with E-state index in [0.29, 0.717) is 31.7 Å². The second-order valence-corrected chi connectivity index (χ2v) is 7.02. The normalized spacial score (nSPS) is 20.0. The van der Waals surface area contributed by atoms with Gasteiger partial charge in [-0.15, -0.1) is 0 Å². The monoisotopic (exact) mass is 368 g/mol. The zero-order valence-corrected chi connectivity index (χ0v) is 15.5. The number of fused-ring (bicyclic) bond motifs is 1. The lowest BCUT2D eigenvalue weighted by Crippen LogP contribution is -2.43. The first-order valence-electron chi connectivity index (χ1n) is 9.56. The largest absolute Gasteiger partial charge is 0.464 e. The van der Waals surface area contributed by atoms with Crippen molar-refractivity contribution in [2.75, 3.05) is 25.1 Å². The van der Waals surface area contributed by atoms with Gasteiger partial charge >= 0.3 is 0 Å².